The third kappa shape index (κ3) is 2.13. The van der Waals surface area contributed by atoms with Gasteiger partial charge in [-0.1, -0.05) is 36.4 Å². The lowest BCUT2D eigenvalue weighted by molar-refractivity contribution is 0.543. The molecule has 2 aromatic carbocycles. The van der Waals surface area contributed by atoms with Gasteiger partial charge in [0.15, 0.2) is 11.4 Å². The van der Waals surface area contributed by atoms with Crippen molar-refractivity contribution >= 4 is 16.7 Å². The predicted molar refractivity (Wildman–Crippen MR) is 90.7 cm³/mol. The number of oxazole rings is 1. The first-order chi connectivity index (χ1) is 11.7. The van der Waals surface area contributed by atoms with Crippen LogP contribution in [0.4, 0.5) is 4.39 Å². The fraction of sp³-hybridized carbons (Fsp3) is 0.200. The Morgan fingerprint density at radius 1 is 1.25 bits per heavy atom. The molecule has 1 aromatic heterocycles. The van der Waals surface area contributed by atoms with Gasteiger partial charge in [0.05, 0.1) is 5.56 Å². The van der Waals surface area contributed by atoms with Crippen LogP contribution in [-0.2, 0) is 0 Å². The molecule has 0 saturated heterocycles. The third-order valence-corrected chi connectivity index (χ3v) is 4.52. The van der Waals surface area contributed by atoms with E-state index in [1.165, 1.54) is 0 Å². The standard InChI is InChI=1S/C20H15FN2O/c1-12-15(11-22)18-19(24-20(23-18)14-9-5-6-10-14)17(21)16(12)13-7-3-2-4-8-13/h2-4,7-9H,5-6,10H2,1H3. The lowest BCUT2D eigenvalue weighted by Crippen LogP contribution is -1.95. The quantitative estimate of drug-likeness (QED) is 0.637. The van der Waals surface area contributed by atoms with Crippen LogP contribution in [0.15, 0.2) is 40.8 Å². The molecule has 0 fully saturated rings. The fourth-order valence-electron chi connectivity index (χ4n) is 3.31. The maximum absolute atomic E-state index is 15.2. The Hall–Kier alpha value is -2.93. The van der Waals surface area contributed by atoms with E-state index in [1.807, 2.05) is 30.3 Å². The number of rotatable bonds is 2. The van der Waals surface area contributed by atoms with Crippen molar-refractivity contribution < 1.29 is 8.81 Å². The molecule has 4 rings (SSSR count). The van der Waals surface area contributed by atoms with E-state index in [4.69, 9.17) is 4.42 Å². The highest BCUT2D eigenvalue weighted by Crippen LogP contribution is 2.37. The molecular formula is C20H15FN2O. The number of halogens is 1. The maximum Gasteiger partial charge on any atom is 0.223 e. The first kappa shape index (κ1) is 14.6. The molecule has 1 aliphatic rings. The lowest BCUT2D eigenvalue weighted by Gasteiger charge is -2.09. The molecule has 3 aromatic rings. The van der Waals surface area contributed by atoms with Crippen LogP contribution in [0.25, 0.3) is 27.8 Å². The van der Waals surface area contributed by atoms with E-state index < -0.39 is 5.82 Å². The van der Waals surface area contributed by atoms with Crippen molar-refractivity contribution in [1.29, 1.82) is 5.26 Å². The zero-order chi connectivity index (χ0) is 16.7. The summed E-state index contributed by atoms with van der Waals surface area (Å²) < 4.78 is 20.9. The van der Waals surface area contributed by atoms with Crippen molar-refractivity contribution in [2.24, 2.45) is 0 Å². The van der Waals surface area contributed by atoms with Gasteiger partial charge >= 0.3 is 0 Å². The molecule has 0 atom stereocenters. The third-order valence-electron chi connectivity index (χ3n) is 4.52. The molecule has 0 bridgehead atoms. The summed E-state index contributed by atoms with van der Waals surface area (Å²) >= 11 is 0. The van der Waals surface area contributed by atoms with E-state index >= 15 is 4.39 Å². The molecule has 3 nitrogen and oxygen atoms in total. The predicted octanol–water partition coefficient (Wildman–Crippen LogP) is 5.38. The summed E-state index contributed by atoms with van der Waals surface area (Å²) in [6.45, 7) is 1.76. The number of nitriles is 1. The summed E-state index contributed by atoms with van der Waals surface area (Å²) in [7, 11) is 0. The average Bonchev–Trinajstić information content (AvgIpc) is 3.26. The number of hydrogen-bond donors (Lipinski definition) is 0. The minimum absolute atomic E-state index is 0.0683. The van der Waals surface area contributed by atoms with Crippen LogP contribution in [0.3, 0.4) is 0 Å². The Labute approximate surface area is 139 Å². The number of nitrogens with zero attached hydrogens (tertiary/aromatic N) is 2. The van der Waals surface area contributed by atoms with Gasteiger partial charge in [0.2, 0.25) is 5.89 Å². The summed E-state index contributed by atoms with van der Waals surface area (Å²) in [4.78, 5) is 4.42. The number of benzene rings is 2. The topological polar surface area (TPSA) is 49.8 Å². The van der Waals surface area contributed by atoms with Crippen LogP contribution in [0.1, 0.15) is 36.3 Å². The lowest BCUT2D eigenvalue weighted by atomic mass is 9.95. The van der Waals surface area contributed by atoms with Crippen molar-refractivity contribution in [2.75, 3.05) is 0 Å². The molecule has 0 N–H and O–H groups in total. The number of fused-ring (bicyclic) bond motifs is 1. The van der Waals surface area contributed by atoms with Crippen LogP contribution in [0.5, 0.6) is 0 Å². The highest BCUT2D eigenvalue weighted by atomic mass is 19.1. The van der Waals surface area contributed by atoms with E-state index in [0.29, 0.717) is 28.1 Å². The van der Waals surface area contributed by atoms with E-state index in [-0.39, 0.29) is 5.58 Å². The Kier molecular flexibility index (Phi) is 3.42. The number of allylic oxidation sites excluding steroid dienone is 2. The van der Waals surface area contributed by atoms with Gasteiger partial charge in [-0.2, -0.15) is 5.26 Å². The minimum Gasteiger partial charge on any atom is -0.433 e. The summed E-state index contributed by atoms with van der Waals surface area (Å²) in [6.07, 6.45) is 4.98. The average molecular weight is 318 g/mol. The van der Waals surface area contributed by atoms with E-state index in [9.17, 15) is 5.26 Å². The van der Waals surface area contributed by atoms with Crippen molar-refractivity contribution in [3.63, 3.8) is 0 Å². The second kappa shape index (κ2) is 5.61. The van der Waals surface area contributed by atoms with Crippen molar-refractivity contribution in [3.05, 3.63) is 59.2 Å². The van der Waals surface area contributed by atoms with Crippen molar-refractivity contribution in [2.45, 2.75) is 26.2 Å². The Morgan fingerprint density at radius 3 is 2.71 bits per heavy atom. The van der Waals surface area contributed by atoms with Gasteiger partial charge < -0.3 is 4.42 Å². The SMILES string of the molecule is Cc1c(-c2ccccc2)c(F)c2oc(C3=CCCC3)nc2c1C#N. The summed E-state index contributed by atoms with van der Waals surface area (Å²) in [6, 6.07) is 11.4. The molecule has 0 amide bonds. The maximum atomic E-state index is 15.2. The highest BCUT2D eigenvalue weighted by Gasteiger charge is 2.24. The summed E-state index contributed by atoms with van der Waals surface area (Å²) in [5.41, 5.74) is 3.47. The van der Waals surface area contributed by atoms with E-state index in [2.05, 4.69) is 17.1 Å². The normalized spacial score (nSPS) is 14.0. The summed E-state index contributed by atoms with van der Waals surface area (Å²) in [5.74, 6) is -0.0208. The number of hydrogen-bond acceptors (Lipinski definition) is 3. The molecule has 1 heterocycles. The molecule has 0 unspecified atom stereocenters. The smallest absolute Gasteiger partial charge is 0.223 e. The first-order valence-corrected chi connectivity index (χ1v) is 7.98. The van der Waals surface area contributed by atoms with Gasteiger partial charge in [0.1, 0.15) is 11.6 Å². The van der Waals surface area contributed by atoms with Crippen molar-refractivity contribution in [3.8, 4) is 17.2 Å². The van der Waals surface area contributed by atoms with Gasteiger partial charge in [0.25, 0.3) is 0 Å². The van der Waals surface area contributed by atoms with Gasteiger partial charge in [-0.05, 0) is 37.3 Å². The Bertz CT molecular complexity index is 1010. The van der Waals surface area contributed by atoms with Crippen LogP contribution >= 0.6 is 0 Å². The molecule has 118 valence electrons. The van der Waals surface area contributed by atoms with Crippen LogP contribution in [0, 0.1) is 24.1 Å². The number of aromatic nitrogens is 1. The summed E-state index contributed by atoms with van der Waals surface area (Å²) in [5, 5.41) is 9.58. The van der Waals surface area contributed by atoms with Crippen molar-refractivity contribution in [1.82, 2.24) is 4.98 Å². The molecule has 0 saturated carbocycles. The highest BCUT2D eigenvalue weighted by molar-refractivity contribution is 5.90. The minimum atomic E-state index is -0.454. The second-order valence-corrected chi connectivity index (χ2v) is 5.99. The molecule has 0 spiro atoms. The zero-order valence-corrected chi connectivity index (χ0v) is 13.3. The monoisotopic (exact) mass is 318 g/mol. The molecule has 0 radical (unpaired) electrons. The van der Waals surface area contributed by atoms with E-state index in [0.717, 1.165) is 30.4 Å². The molecule has 4 heteroatoms. The fourth-order valence-corrected chi connectivity index (χ4v) is 3.31. The Morgan fingerprint density at radius 2 is 2.04 bits per heavy atom. The van der Waals surface area contributed by atoms with E-state index in [1.54, 1.807) is 6.92 Å². The van der Waals surface area contributed by atoms with Gasteiger partial charge in [-0.25, -0.2) is 9.37 Å². The van der Waals surface area contributed by atoms with Crippen LogP contribution < -0.4 is 0 Å². The van der Waals surface area contributed by atoms with Crippen LogP contribution in [-0.4, -0.2) is 4.98 Å². The molecule has 1 aliphatic carbocycles. The van der Waals surface area contributed by atoms with Gasteiger partial charge in [-0.15, -0.1) is 0 Å². The van der Waals surface area contributed by atoms with Crippen LogP contribution in [0.2, 0.25) is 0 Å². The van der Waals surface area contributed by atoms with Gasteiger partial charge in [0, 0.05) is 11.1 Å². The molecule has 0 aliphatic heterocycles. The largest absolute Gasteiger partial charge is 0.433 e. The van der Waals surface area contributed by atoms with Gasteiger partial charge in [-0.3, -0.25) is 0 Å². The molecular weight excluding hydrogens is 303 g/mol. The zero-order valence-electron chi connectivity index (χ0n) is 13.3. The molecule has 24 heavy (non-hydrogen) atoms. The first-order valence-electron chi connectivity index (χ1n) is 7.98. The second-order valence-electron chi connectivity index (χ2n) is 5.99. The Balaban J connectivity index is 2.04.